The van der Waals surface area contributed by atoms with Gasteiger partial charge in [0.25, 0.3) is 0 Å². The van der Waals surface area contributed by atoms with Crippen molar-refractivity contribution in [3.8, 4) is 0 Å². The minimum atomic E-state index is 0. The van der Waals surface area contributed by atoms with Crippen molar-refractivity contribution in [2.45, 2.75) is 259 Å². The van der Waals surface area contributed by atoms with Crippen LogP contribution in [-0.4, -0.2) is 44.0 Å². The normalized spacial score (nSPS) is 10.2. The number of hydrogen-bond donors (Lipinski definition) is 0. The van der Waals surface area contributed by atoms with E-state index >= 15 is 0 Å². The van der Waals surface area contributed by atoms with E-state index in [9.17, 15) is 0 Å². The van der Waals surface area contributed by atoms with Crippen molar-refractivity contribution in [3.05, 3.63) is 0 Å². The third kappa shape index (κ3) is 91.8. The van der Waals surface area contributed by atoms with E-state index < -0.39 is 0 Å². The van der Waals surface area contributed by atoms with E-state index in [0.717, 1.165) is 25.7 Å². The van der Waals surface area contributed by atoms with Gasteiger partial charge in [-0.2, -0.15) is 19.6 Å². The average Bonchev–Trinajstić information content (AvgIpc) is 3.26. The fraction of sp³-hybridized carbons (Fsp3) is 0.917. The summed E-state index contributed by atoms with van der Waals surface area (Å²) in [4.78, 5) is 37.5. The van der Waals surface area contributed by atoms with Crippen LogP contribution in [0.5, 0.6) is 0 Å². The quantitative estimate of drug-likeness (QED) is 0.0145. The van der Waals surface area contributed by atoms with E-state index in [1.54, 1.807) is 0 Å². The summed E-state index contributed by atoms with van der Waals surface area (Å²) in [6.07, 6.45) is 46.8. The van der Waals surface area contributed by atoms with Crippen molar-refractivity contribution in [1.82, 2.24) is 0 Å². The Kier molecular flexibility index (Phi) is 82.4. The molecule has 0 rings (SSSR count). The Morgan fingerprint density at radius 1 is 0.246 bits per heavy atom. The van der Waals surface area contributed by atoms with Gasteiger partial charge in [-0.25, -0.2) is 0 Å². The Hall–Kier alpha value is 0.968. The molecule has 0 aromatic heterocycles. The molecule has 0 aliphatic rings. The third-order valence-electron chi connectivity index (χ3n) is 9.83. The van der Waals surface area contributed by atoms with Gasteiger partial charge in [0.1, 0.15) is 0 Å². The van der Waals surface area contributed by atoms with E-state index in [4.69, 9.17) is 19.6 Å². The first kappa shape index (κ1) is 74.9. The Balaban J connectivity index is -0.000000245. The molecule has 0 spiro atoms. The molecule has 0 fully saturated rings. The topological polar surface area (TPSA) is 73.8 Å². The summed E-state index contributed by atoms with van der Waals surface area (Å²) < 4.78 is 0.152. The number of thiocarbonyl (C=S) groups is 4. The minimum absolute atomic E-state index is 0. The predicted molar refractivity (Wildman–Crippen MR) is 297 cm³/mol. The molecule has 0 aliphatic heterocycles. The van der Waals surface area contributed by atoms with Crippen LogP contribution in [0, 0.1) is 0 Å². The molecule has 8 nitrogen and oxygen atoms in total. The Labute approximate surface area is 458 Å². The van der Waals surface area contributed by atoms with Gasteiger partial charge in [-0.05, 0) is 25.7 Å². The second-order valence-corrected chi connectivity index (χ2v) is 19.9. The molecule has 0 aromatic carbocycles. The predicted octanol–water partition coefficient (Wildman–Crippen LogP) is 17.2. The molecule has 0 saturated carbocycles. The van der Waals surface area contributed by atoms with Crippen molar-refractivity contribution in [1.29, 1.82) is 0 Å². The monoisotopic (exact) mass is 1150 g/mol. The van der Waals surface area contributed by atoms with Crippen LogP contribution >= 0.6 is 48.9 Å². The molecule has 0 aromatic rings. The van der Waals surface area contributed by atoms with Crippen molar-refractivity contribution < 1.29 is 60.2 Å². The van der Waals surface area contributed by atoms with Crippen molar-refractivity contribution in [3.63, 3.8) is 0 Å². The molecule has 386 valence electrons. The van der Waals surface area contributed by atoms with Crippen LogP contribution in [-0.2, 0) is 111 Å². The zero-order valence-corrected chi connectivity index (χ0v) is 49.8. The molecular formula is C48H92MoO8S8. The molecule has 0 saturated heterocycles. The Morgan fingerprint density at radius 2 is 0.369 bits per heavy atom. The van der Waals surface area contributed by atoms with Gasteiger partial charge in [-0.15, -0.1) is 0 Å². The Morgan fingerprint density at radius 3 is 0.492 bits per heavy atom. The maximum absolute atomic E-state index is 4.81. The average molecular weight is 1150 g/mol. The zero-order valence-electron chi connectivity index (χ0n) is 41.2. The van der Waals surface area contributed by atoms with E-state index in [-0.39, 0.29) is 38.6 Å². The van der Waals surface area contributed by atoms with Gasteiger partial charge in [0.05, 0.1) is 44.0 Å². The van der Waals surface area contributed by atoms with Gasteiger partial charge >= 0.3 is 21.1 Å². The van der Waals surface area contributed by atoms with Crippen LogP contribution in [0.25, 0.3) is 0 Å². The summed E-state index contributed by atoms with van der Waals surface area (Å²) in [6, 6.07) is 0. The summed E-state index contributed by atoms with van der Waals surface area (Å²) in [5, 5.41) is 0. The molecular weight excluding hydrogens is 1060 g/mol. The second-order valence-electron chi connectivity index (χ2n) is 15.9. The summed E-state index contributed by atoms with van der Waals surface area (Å²) in [5.41, 5.74) is 0. The van der Waals surface area contributed by atoms with Gasteiger partial charge in [-0.1, -0.05) is 233 Å². The standard InChI is InChI=1S/4C12H24O2S2.Mo/c4*1-2-3-4-5-6-7-8-9-10-11-13-14-12(15)16;/h4*2-11H2,1H3,(H,15,16);/q;;;;+4/p-4. The molecule has 0 radical (unpaired) electrons. The van der Waals surface area contributed by atoms with Gasteiger partial charge in [0.15, 0.2) is 0 Å². The summed E-state index contributed by atoms with van der Waals surface area (Å²) >= 11 is 36.3. The maximum Gasteiger partial charge on any atom is 4.00 e. The molecule has 0 amide bonds. The first-order valence-electron chi connectivity index (χ1n) is 25.1. The van der Waals surface area contributed by atoms with Crippen LogP contribution in [0.3, 0.4) is 0 Å². The van der Waals surface area contributed by atoms with E-state index in [0.29, 0.717) is 26.4 Å². The molecule has 17 heteroatoms. The second kappa shape index (κ2) is 71.5. The van der Waals surface area contributed by atoms with Gasteiger partial charge in [0, 0.05) is 0 Å². The van der Waals surface area contributed by atoms with Gasteiger partial charge < -0.3 is 119 Å². The largest absolute Gasteiger partial charge is 4.00 e. The molecule has 0 N–H and O–H groups in total. The molecule has 0 aliphatic carbocycles. The smallest absolute Gasteiger partial charge is 0.387 e. The van der Waals surface area contributed by atoms with Crippen molar-refractivity contribution in [2.24, 2.45) is 0 Å². The number of rotatable bonds is 44. The fourth-order valence-electron chi connectivity index (χ4n) is 6.25. The van der Waals surface area contributed by atoms with Crippen LogP contribution in [0.2, 0.25) is 0 Å². The first-order chi connectivity index (χ1) is 31.1. The SMILES string of the molecule is CCCCCCCCCCCOOC(=S)[S-].CCCCCCCCCCCOOC(=S)[S-].CCCCCCCCCCCOOC(=S)[S-].CCCCCCCCCCCOOC(=S)[S-].[Mo+4]. The molecule has 0 heterocycles. The molecule has 0 atom stereocenters. The zero-order chi connectivity index (χ0) is 48.3. The number of unbranched alkanes of at least 4 members (excludes halogenated alkanes) is 32. The van der Waals surface area contributed by atoms with E-state index in [1.165, 1.54) is 205 Å². The maximum atomic E-state index is 4.81. The number of hydrogen-bond acceptors (Lipinski definition) is 16. The molecule has 0 bridgehead atoms. The van der Waals surface area contributed by atoms with Gasteiger partial charge in [-0.3, -0.25) is 0 Å². The first-order valence-corrected chi connectivity index (χ1v) is 28.4. The van der Waals surface area contributed by atoms with Crippen molar-refractivity contribution >= 4 is 117 Å². The van der Waals surface area contributed by atoms with E-state index in [2.05, 4.69) is 147 Å². The summed E-state index contributed by atoms with van der Waals surface area (Å²) in [6.45, 7) is 11.3. The van der Waals surface area contributed by atoms with Crippen LogP contribution < -0.4 is 0 Å². The molecule has 65 heavy (non-hydrogen) atoms. The van der Waals surface area contributed by atoms with Crippen molar-refractivity contribution in [2.75, 3.05) is 26.4 Å². The molecule has 0 unspecified atom stereocenters. The Bertz CT molecular complexity index is 804. The third-order valence-corrected chi connectivity index (χ3v) is 10.4. The minimum Gasteiger partial charge on any atom is -0.387 e. The summed E-state index contributed by atoms with van der Waals surface area (Å²) in [7, 11) is 0. The van der Waals surface area contributed by atoms with Crippen LogP contribution in [0.1, 0.15) is 259 Å². The fourth-order valence-corrected chi connectivity index (χ4v) is 6.63. The van der Waals surface area contributed by atoms with E-state index in [1.807, 2.05) is 0 Å². The van der Waals surface area contributed by atoms with Gasteiger partial charge in [0.2, 0.25) is 0 Å². The van der Waals surface area contributed by atoms with Crippen LogP contribution in [0.15, 0.2) is 0 Å². The summed E-state index contributed by atoms with van der Waals surface area (Å²) in [5.74, 6) is 0. The van der Waals surface area contributed by atoms with Crippen LogP contribution in [0.4, 0.5) is 0 Å².